The maximum Gasteiger partial charge on any atom is 0.340 e. The molecule has 0 atom stereocenters. The zero-order valence-electron chi connectivity index (χ0n) is 28.0. The number of nitrogens with two attached hydrogens (primary N) is 1. The Labute approximate surface area is 292 Å². The molecule has 6 rings (SSSR count). The van der Waals surface area contributed by atoms with Crippen LogP contribution in [0.2, 0.25) is 0 Å². The molecule has 0 radical (unpaired) electrons. The van der Waals surface area contributed by atoms with Gasteiger partial charge < -0.3 is 34.2 Å². The highest BCUT2D eigenvalue weighted by Gasteiger charge is 2.38. The van der Waals surface area contributed by atoms with Crippen molar-refractivity contribution in [3.8, 4) is 54.6 Å². The van der Waals surface area contributed by atoms with Crippen LogP contribution >= 0.6 is 11.3 Å². The minimum Gasteiger partial charge on any atom is -0.485 e. The molecule has 1 aromatic rings. The van der Waals surface area contributed by atoms with Crippen LogP contribution in [0.25, 0.3) is 43.1 Å². The van der Waals surface area contributed by atoms with Crippen molar-refractivity contribution in [2.75, 3.05) is 45.4 Å². The van der Waals surface area contributed by atoms with Gasteiger partial charge in [0.1, 0.15) is 13.2 Å². The number of carbonyl (C=O) groups excluding carboxylic acids is 4. The summed E-state index contributed by atoms with van der Waals surface area (Å²) in [4.78, 5) is 54.7. The Morgan fingerprint density at radius 2 is 0.980 bits per heavy atom. The largest absolute Gasteiger partial charge is 0.485 e. The van der Waals surface area contributed by atoms with E-state index in [1.54, 1.807) is 82.3 Å². The molecule has 0 aromatic carbocycles. The number of carbonyl (C=O) groups is 4. The lowest BCUT2D eigenvalue weighted by molar-refractivity contribution is 0.0512. The zero-order valence-corrected chi connectivity index (χ0v) is 28.8. The van der Waals surface area contributed by atoms with Crippen LogP contribution in [0, 0.1) is 0 Å². The van der Waals surface area contributed by atoms with Gasteiger partial charge in [0.25, 0.3) is 0 Å². The van der Waals surface area contributed by atoms with E-state index in [2.05, 4.69) is 0 Å². The van der Waals surface area contributed by atoms with Crippen molar-refractivity contribution in [1.29, 1.82) is 0 Å². The maximum atomic E-state index is 13.7. The molecule has 11 nitrogen and oxygen atoms in total. The van der Waals surface area contributed by atoms with Crippen molar-refractivity contribution in [1.82, 2.24) is 0 Å². The molecule has 1 aromatic heterocycles. The number of hydrogen-bond donors (Lipinski definition) is 1. The molecule has 0 saturated heterocycles. The summed E-state index contributed by atoms with van der Waals surface area (Å²) in [6.45, 7) is 7.74. The molecule has 0 unspecified atom stereocenters. The van der Waals surface area contributed by atoms with Gasteiger partial charge in [-0.05, 0) is 55.5 Å². The summed E-state index contributed by atoms with van der Waals surface area (Å²) in [6.07, 6.45) is 0. The monoisotopic (exact) mass is 697 g/mol. The van der Waals surface area contributed by atoms with Crippen molar-refractivity contribution >= 4 is 40.9 Å². The van der Waals surface area contributed by atoms with Gasteiger partial charge in [0.15, 0.2) is 11.5 Å². The topological polar surface area (TPSA) is 150 Å². The van der Waals surface area contributed by atoms with E-state index in [-0.39, 0.29) is 67.6 Å². The number of rotatable bonds is 10. The molecule has 2 N–H and O–H groups in total. The molecular formula is C38H35NO10S. The smallest absolute Gasteiger partial charge is 0.340 e. The second-order valence-corrected chi connectivity index (χ2v) is 12.0. The summed E-state index contributed by atoms with van der Waals surface area (Å²) in [5, 5.41) is 0. The van der Waals surface area contributed by atoms with Gasteiger partial charge in [0.2, 0.25) is 0 Å². The fourth-order valence-corrected chi connectivity index (χ4v) is 7.42. The van der Waals surface area contributed by atoms with Crippen LogP contribution < -0.4 is 15.2 Å². The Hall–Kier alpha value is -5.62. The number of nitrogen functional groups attached to an aromatic ring is 1. The second-order valence-electron chi connectivity index (χ2n) is 11.0. The molecule has 2 heterocycles. The number of fused-ring (bicyclic) bond motifs is 3. The predicted octanol–water partition coefficient (Wildman–Crippen LogP) is 7.35. The lowest BCUT2D eigenvalue weighted by Crippen LogP contribution is -2.15. The first-order chi connectivity index (χ1) is 24.3. The fraction of sp³-hybridized carbons (Fsp3) is 0.263. The van der Waals surface area contributed by atoms with E-state index in [1.807, 2.05) is 0 Å². The summed E-state index contributed by atoms with van der Waals surface area (Å²) in [6, 6.07) is 15.8. The first-order valence-electron chi connectivity index (χ1n) is 16.3. The van der Waals surface area contributed by atoms with Crippen molar-refractivity contribution < 1.29 is 47.6 Å². The number of thiophene rings is 1. The van der Waals surface area contributed by atoms with Gasteiger partial charge in [-0.3, -0.25) is 0 Å². The Kier molecular flexibility index (Phi) is 9.91. The van der Waals surface area contributed by atoms with Crippen molar-refractivity contribution in [2.24, 2.45) is 0 Å². The van der Waals surface area contributed by atoms with Crippen LogP contribution in [0.4, 0.5) is 5.69 Å². The molecule has 1 aliphatic heterocycles. The SMILES string of the molecule is CCOC(=O)c1c2ccc(-c3sc(-c4c(C(=O)OCC)c5cccccc-5c4C(=O)OCC)c4c3OCCO4)ccc-2c(C(=O)OCC)c1N. The Balaban J connectivity index is 1.64. The van der Waals surface area contributed by atoms with Gasteiger partial charge in [-0.15, -0.1) is 11.3 Å². The van der Waals surface area contributed by atoms with Crippen molar-refractivity contribution in [2.45, 2.75) is 27.7 Å². The van der Waals surface area contributed by atoms with Crippen LogP contribution in [-0.4, -0.2) is 63.5 Å². The zero-order chi connectivity index (χ0) is 35.5. The quantitative estimate of drug-likeness (QED) is 0.115. The third-order valence-corrected chi connectivity index (χ3v) is 9.33. The van der Waals surface area contributed by atoms with E-state index >= 15 is 0 Å². The number of hydrogen-bond acceptors (Lipinski definition) is 12. The number of anilines is 1. The summed E-state index contributed by atoms with van der Waals surface area (Å²) < 4.78 is 34.0. The average Bonchev–Trinajstić information content (AvgIpc) is 3.57. The Morgan fingerprint density at radius 3 is 1.42 bits per heavy atom. The normalized spacial score (nSPS) is 12.1. The highest BCUT2D eigenvalue weighted by molar-refractivity contribution is 7.19. The number of esters is 4. The van der Waals surface area contributed by atoms with Crippen molar-refractivity contribution in [3.63, 3.8) is 0 Å². The Morgan fingerprint density at radius 1 is 0.580 bits per heavy atom. The van der Waals surface area contributed by atoms with Crippen LogP contribution in [0.3, 0.4) is 0 Å². The van der Waals surface area contributed by atoms with Gasteiger partial charge in [0.05, 0.1) is 64.1 Å². The summed E-state index contributed by atoms with van der Waals surface area (Å²) in [5.41, 5.74) is 9.71. The fourth-order valence-electron chi connectivity index (χ4n) is 6.17. The third-order valence-electron chi connectivity index (χ3n) is 8.11. The van der Waals surface area contributed by atoms with Crippen LogP contribution in [-0.2, 0) is 18.9 Å². The van der Waals surface area contributed by atoms with E-state index in [1.165, 1.54) is 11.3 Å². The lowest BCUT2D eigenvalue weighted by atomic mass is 10.1. The maximum absolute atomic E-state index is 13.7. The average molecular weight is 698 g/mol. The van der Waals surface area contributed by atoms with E-state index in [0.29, 0.717) is 54.6 Å². The summed E-state index contributed by atoms with van der Waals surface area (Å²) in [5.74, 6) is -1.76. The minimum absolute atomic E-state index is 0.0214. The van der Waals surface area contributed by atoms with Gasteiger partial charge in [0, 0.05) is 5.56 Å². The highest BCUT2D eigenvalue weighted by Crippen LogP contribution is 2.57. The van der Waals surface area contributed by atoms with Crippen LogP contribution in [0.1, 0.15) is 69.1 Å². The van der Waals surface area contributed by atoms with Gasteiger partial charge in [-0.25, -0.2) is 19.2 Å². The molecule has 50 heavy (non-hydrogen) atoms. The summed E-state index contributed by atoms with van der Waals surface area (Å²) in [7, 11) is 0. The van der Waals surface area contributed by atoms with E-state index in [4.69, 9.17) is 34.2 Å². The lowest BCUT2D eigenvalue weighted by Gasteiger charge is -2.17. The van der Waals surface area contributed by atoms with E-state index < -0.39 is 23.9 Å². The second kappa shape index (κ2) is 14.5. The van der Waals surface area contributed by atoms with Gasteiger partial charge >= 0.3 is 23.9 Å². The molecule has 12 heteroatoms. The van der Waals surface area contributed by atoms with Gasteiger partial charge in [-0.2, -0.15) is 0 Å². The van der Waals surface area contributed by atoms with Crippen LogP contribution in [0.5, 0.6) is 11.5 Å². The molecule has 0 fully saturated rings. The molecule has 0 bridgehead atoms. The highest BCUT2D eigenvalue weighted by atomic mass is 32.1. The molecule has 0 amide bonds. The molecule has 258 valence electrons. The molecule has 0 saturated carbocycles. The Bertz CT molecular complexity index is 1960. The molecule has 0 spiro atoms. The van der Waals surface area contributed by atoms with Gasteiger partial charge in [-0.1, -0.05) is 54.6 Å². The summed E-state index contributed by atoms with van der Waals surface area (Å²) >= 11 is 1.26. The first-order valence-corrected chi connectivity index (χ1v) is 17.1. The molecule has 5 aliphatic rings. The van der Waals surface area contributed by atoms with Crippen LogP contribution in [0.15, 0.2) is 54.6 Å². The standard InChI is InChI=1S/C38H35NO10S/c1-5-44-35(40)25-21-12-10-9-11-13-22(21)26(36(41)45-6-2)29(25)34-32-31(48-18-19-49-32)33(50-34)20-14-16-23-24(17-15-20)28(38(43)47-8-4)30(39)27(23)37(42)46-7-3/h9-17H,5-8,18-19,39H2,1-4H3. The third kappa shape index (κ3) is 5.85. The first kappa shape index (κ1) is 34.3. The molecule has 4 aliphatic carbocycles. The molecular weight excluding hydrogens is 662 g/mol. The number of ether oxygens (including phenoxy) is 6. The predicted molar refractivity (Wildman–Crippen MR) is 188 cm³/mol. The van der Waals surface area contributed by atoms with E-state index in [0.717, 1.165) is 0 Å². The van der Waals surface area contributed by atoms with Crippen molar-refractivity contribution in [3.05, 3.63) is 76.9 Å². The minimum atomic E-state index is -0.666. The van der Waals surface area contributed by atoms with E-state index in [9.17, 15) is 19.2 Å².